The van der Waals surface area contributed by atoms with Crippen LogP contribution in [0, 0.1) is 0 Å². The molecule has 1 aromatic heterocycles. The third kappa shape index (κ3) is 5.66. The molecule has 0 saturated heterocycles. The number of aromatic nitrogens is 1. The van der Waals surface area contributed by atoms with Crippen LogP contribution >= 0.6 is 0 Å². The van der Waals surface area contributed by atoms with E-state index in [0.717, 1.165) is 5.69 Å². The number of amides is 1. The molecule has 0 aliphatic carbocycles. The Hall–Kier alpha value is -2.65. The van der Waals surface area contributed by atoms with E-state index in [0.29, 0.717) is 12.3 Å². The number of ether oxygens (including phenoxy) is 2. The highest BCUT2D eigenvalue weighted by molar-refractivity contribution is 7.89. The second-order valence-corrected chi connectivity index (χ2v) is 7.41. The van der Waals surface area contributed by atoms with Crippen molar-refractivity contribution in [1.29, 1.82) is 0 Å². The fourth-order valence-electron chi connectivity index (χ4n) is 2.42. The summed E-state index contributed by atoms with van der Waals surface area (Å²) >= 11 is 0. The lowest BCUT2D eigenvalue weighted by molar-refractivity contribution is -0.129. The van der Waals surface area contributed by atoms with Gasteiger partial charge in [0.1, 0.15) is 16.4 Å². The Balaban J connectivity index is 2.04. The van der Waals surface area contributed by atoms with E-state index < -0.39 is 10.0 Å². The molecule has 1 heterocycles. The molecule has 0 aliphatic heterocycles. The van der Waals surface area contributed by atoms with Gasteiger partial charge >= 0.3 is 0 Å². The summed E-state index contributed by atoms with van der Waals surface area (Å²) in [6.45, 7) is 2.02. The largest absolute Gasteiger partial charge is 0.497 e. The third-order valence-corrected chi connectivity index (χ3v) is 5.36. The highest BCUT2D eigenvalue weighted by Gasteiger charge is 2.20. The lowest BCUT2D eigenvalue weighted by Gasteiger charge is -2.21. The maximum atomic E-state index is 12.6. The number of pyridine rings is 1. The molecule has 0 saturated carbocycles. The lowest BCUT2D eigenvalue weighted by atomic mass is 10.3. The Morgan fingerprint density at radius 3 is 2.56 bits per heavy atom. The number of hydrogen-bond donors (Lipinski definition) is 1. The van der Waals surface area contributed by atoms with Crippen molar-refractivity contribution in [2.75, 3.05) is 27.3 Å². The van der Waals surface area contributed by atoms with E-state index in [1.807, 2.05) is 12.1 Å². The molecule has 0 unspecified atom stereocenters. The van der Waals surface area contributed by atoms with Crippen LogP contribution < -0.4 is 14.2 Å². The van der Waals surface area contributed by atoms with Crippen molar-refractivity contribution in [3.63, 3.8) is 0 Å². The minimum absolute atomic E-state index is 0.00454. The van der Waals surface area contributed by atoms with Crippen molar-refractivity contribution < 1.29 is 22.7 Å². The van der Waals surface area contributed by atoms with Crippen molar-refractivity contribution in [3.05, 3.63) is 48.3 Å². The molecule has 0 spiro atoms. The van der Waals surface area contributed by atoms with E-state index in [-0.39, 0.29) is 29.6 Å². The van der Waals surface area contributed by atoms with Gasteiger partial charge < -0.3 is 14.4 Å². The number of nitrogens with one attached hydrogen (secondary N) is 1. The molecule has 0 bridgehead atoms. The SMILES string of the molecule is COc1ccc(S(=O)(=O)NCCN(Cc2ccccn2)C(C)=O)c(OC)c1. The number of carbonyl (C=O) groups excluding carboxylic acids is 1. The van der Waals surface area contributed by atoms with Crippen LogP contribution in [0.25, 0.3) is 0 Å². The van der Waals surface area contributed by atoms with Crippen LogP contribution in [-0.4, -0.2) is 51.5 Å². The zero-order valence-electron chi connectivity index (χ0n) is 15.5. The van der Waals surface area contributed by atoms with Gasteiger partial charge in [-0.3, -0.25) is 9.78 Å². The molecule has 8 nitrogen and oxygen atoms in total. The molecule has 9 heteroatoms. The van der Waals surface area contributed by atoms with Crippen LogP contribution in [0.2, 0.25) is 0 Å². The fraction of sp³-hybridized carbons (Fsp3) is 0.333. The minimum Gasteiger partial charge on any atom is -0.497 e. The average molecular weight is 393 g/mol. The Morgan fingerprint density at radius 2 is 1.96 bits per heavy atom. The van der Waals surface area contributed by atoms with E-state index >= 15 is 0 Å². The Kier molecular flexibility index (Phi) is 7.14. The predicted molar refractivity (Wildman–Crippen MR) is 100 cm³/mol. The lowest BCUT2D eigenvalue weighted by Crippen LogP contribution is -2.37. The zero-order chi connectivity index (χ0) is 19.9. The standard InChI is InChI=1S/C18H23N3O5S/c1-14(22)21(13-15-6-4-5-9-19-15)11-10-20-27(23,24)18-8-7-16(25-2)12-17(18)26-3/h4-9,12,20H,10-11,13H2,1-3H3. The van der Waals surface area contributed by atoms with E-state index in [9.17, 15) is 13.2 Å². The van der Waals surface area contributed by atoms with Crippen molar-refractivity contribution in [3.8, 4) is 11.5 Å². The van der Waals surface area contributed by atoms with E-state index in [1.165, 1.54) is 38.2 Å². The summed E-state index contributed by atoms with van der Waals surface area (Å²) in [6, 6.07) is 9.88. The maximum absolute atomic E-state index is 12.6. The van der Waals surface area contributed by atoms with Gasteiger partial charge in [-0.2, -0.15) is 0 Å². The van der Waals surface area contributed by atoms with Gasteiger partial charge in [0.05, 0.1) is 26.5 Å². The summed E-state index contributed by atoms with van der Waals surface area (Å²) in [4.78, 5) is 17.5. The Morgan fingerprint density at radius 1 is 1.19 bits per heavy atom. The van der Waals surface area contributed by atoms with Crippen LogP contribution in [-0.2, 0) is 21.4 Å². The number of nitrogens with zero attached hydrogens (tertiary/aromatic N) is 2. The number of rotatable bonds is 9. The first kappa shape index (κ1) is 20.7. The van der Waals surface area contributed by atoms with Crippen molar-refractivity contribution in [1.82, 2.24) is 14.6 Å². The Bertz CT molecular complexity index is 872. The van der Waals surface area contributed by atoms with Gasteiger partial charge in [-0.15, -0.1) is 0 Å². The van der Waals surface area contributed by atoms with Crippen molar-refractivity contribution in [2.45, 2.75) is 18.4 Å². The monoisotopic (exact) mass is 393 g/mol. The molecule has 146 valence electrons. The first-order valence-electron chi connectivity index (χ1n) is 8.24. The van der Waals surface area contributed by atoms with Gasteiger partial charge in [0.25, 0.3) is 0 Å². The van der Waals surface area contributed by atoms with Crippen LogP contribution in [0.15, 0.2) is 47.5 Å². The highest BCUT2D eigenvalue weighted by atomic mass is 32.2. The van der Waals surface area contributed by atoms with Gasteiger partial charge in [0, 0.05) is 32.3 Å². The molecule has 1 N–H and O–H groups in total. The molecule has 0 atom stereocenters. The quantitative estimate of drug-likeness (QED) is 0.692. The minimum atomic E-state index is -3.81. The van der Waals surface area contributed by atoms with Gasteiger partial charge in [-0.1, -0.05) is 6.07 Å². The average Bonchev–Trinajstić information content (AvgIpc) is 2.67. The summed E-state index contributed by atoms with van der Waals surface area (Å²) in [5.74, 6) is 0.504. The summed E-state index contributed by atoms with van der Waals surface area (Å²) in [7, 11) is -0.934. The van der Waals surface area contributed by atoms with Gasteiger partial charge in [-0.05, 0) is 24.3 Å². The first-order chi connectivity index (χ1) is 12.9. The van der Waals surface area contributed by atoms with E-state index in [4.69, 9.17) is 9.47 Å². The summed E-state index contributed by atoms with van der Waals surface area (Å²) in [5, 5.41) is 0. The Labute approximate surface area is 159 Å². The van der Waals surface area contributed by atoms with E-state index in [1.54, 1.807) is 18.3 Å². The molecular formula is C18H23N3O5S. The van der Waals surface area contributed by atoms with Crippen LogP contribution in [0.3, 0.4) is 0 Å². The van der Waals surface area contributed by atoms with Crippen molar-refractivity contribution >= 4 is 15.9 Å². The number of sulfonamides is 1. The topological polar surface area (TPSA) is 97.8 Å². The highest BCUT2D eigenvalue weighted by Crippen LogP contribution is 2.28. The van der Waals surface area contributed by atoms with Crippen LogP contribution in [0.4, 0.5) is 0 Å². The second kappa shape index (κ2) is 9.33. The molecule has 0 aliphatic rings. The summed E-state index contributed by atoms with van der Waals surface area (Å²) < 4.78 is 37.9. The van der Waals surface area contributed by atoms with Crippen LogP contribution in [0.1, 0.15) is 12.6 Å². The first-order valence-corrected chi connectivity index (χ1v) is 9.73. The molecule has 27 heavy (non-hydrogen) atoms. The predicted octanol–water partition coefficient (Wildman–Crippen LogP) is 1.43. The van der Waals surface area contributed by atoms with Gasteiger partial charge in [0.15, 0.2) is 0 Å². The second-order valence-electron chi connectivity index (χ2n) is 5.68. The summed E-state index contributed by atoms with van der Waals surface area (Å²) in [6.07, 6.45) is 1.65. The zero-order valence-corrected chi connectivity index (χ0v) is 16.3. The molecule has 1 amide bonds. The molecule has 2 aromatic rings. The van der Waals surface area contributed by atoms with Crippen molar-refractivity contribution in [2.24, 2.45) is 0 Å². The number of methoxy groups -OCH3 is 2. The number of carbonyl (C=O) groups is 1. The summed E-state index contributed by atoms with van der Waals surface area (Å²) in [5.41, 5.74) is 0.729. The molecular weight excluding hydrogens is 370 g/mol. The third-order valence-electron chi connectivity index (χ3n) is 3.86. The molecule has 2 rings (SSSR count). The van der Waals surface area contributed by atoms with Crippen LogP contribution in [0.5, 0.6) is 11.5 Å². The van der Waals surface area contributed by atoms with Gasteiger partial charge in [-0.25, -0.2) is 13.1 Å². The molecule has 0 radical (unpaired) electrons. The maximum Gasteiger partial charge on any atom is 0.244 e. The normalized spacial score (nSPS) is 11.1. The van der Waals surface area contributed by atoms with Gasteiger partial charge in [0.2, 0.25) is 15.9 Å². The number of benzene rings is 1. The van der Waals surface area contributed by atoms with E-state index in [2.05, 4.69) is 9.71 Å². The molecule has 0 fully saturated rings. The fourth-order valence-corrected chi connectivity index (χ4v) is 3.59. The number of hydrogen-bond acceptors (Lipinski definition) is 6. The molecule has 1 aromatic carbocycles. The smallest absolute Gasteiger partial charge is 0.244 e.